The van der Waals surface area contributed by atoms with Gasteiger partial charge in [-0.05, 0) is 50.6 Å². The molecule has 0 aromatic rings. The number of hydrogen-bond donors (Lipinski definition) is 1. The molecule has 0 aromatic carbocycles. The van der Waals surface area contributed by atoms with Crippen LogP contribution in [0.5, 0.6) is 0 Å². The van der Waals surface area contributed by atoms with Crippen molar-refractivity contribution < 1.29 is 0 Å². The first-order valence-electron chi connectivity index (χ1n) is 8.16. The van der Waals surface area contributed by atoms with Crippen LogP contribution in [-0.2, 0) is 0 Å². The van der Waals surface area contributed by atoms with Gasteiger partial charge in [0.25, 0.3) is 0 Å². The molecule has 1 aliphatic rings. The lowest BCUT2D eigenvalue weighted by atomic mass is 9.98. The molecule has 0 heterocycles. The number of hydrogen-bond acceptors (Lipinski definition) is 2. The minimum Gasteiger partial charge on any atom is -0.312 e. The second kappa shape index (κ2) is 8.92. The predicted octanol–water partition coefficient (Wildman–Crippen LogP) is 3.52. The Morgan fingerprint density at radius 3 is 2.39 bits per heavy atom. The zero-order valence-electron chi connectivity index (χ0n) is 13.0. The van der Waals surface area contributed by atoms with Crippen LogP contribution in [-0.4, -0.2) is 37.1 Å². The third kappa shape index (κ3) is 6.19. The number of nitrogens with one attached hydrogen (secondary N) is 1. The fourth-order valence-electron chi connectivity index (χ4n) is 2.58. The standard InChI is InChI=1S/C16H34N2/c1-5-10-17-16(14(4)7-3)13-18(11-6-2)12-15-8-9-15/h14-17H,5-13H2,1-4H3. The van der Waals surface area contributed by atoms with Gasteiger partial charge in [0.15, 0.2) is 0 Å². The van der Waals surface area contributed by atoms with Crippen LogP contribution in [0.3, 0.4) is 0 Å². The first-order valence-corrected chi connectivity index (χ1v) is 8.16. The molecule has 2 atom stereocenters. The molecule has 0 radical (unpaired) electrons. The van der Waals surface area contributed by atoms with Crippen molar-refractivity contribution in [2.45, 2.75) is 65.8 Å². The molecule has 0 bridgehead atoms. The largest absolute Gasteiger partial charge is 0.312 e. The van der Waals surface area contributed by atoms with Crippen LogP contribution in [0.2, 0.25) is 0 Å². The summed E-state index contributed by atoms with van der Waals surface area (Å²) >= 11 is 0. The van der Waals surface area contributed by atoms with E-state index in [9.17, 15) is 0 Å². The van der Waals surface area contributed by atoms with Gasteiger partial charge in [-0.3, -0.25) is 0 Å². The van der Waals surface area contributed by atoms with E-state index in [0.29, 0.717) is 6.04 Å². The van der Waals surface area contributed by atoms with Crippen LogP contribution in [0.25, 0.3) is 0 Å². The van der Waals surface area contributed by atoms with Crippen molar-refractivity contribution in [3.05, 3.63) is 0 Å². The lowest BCUT2D eigenvalue weighted by Crippen LogP contribution is -2.46. The van der Waals surface area contributed by atoms with E-state index in [-0.39, 0.29) is 0 Å². The lowest BCUT2D eigenvalue weighted by Gasteiger charge is -2.31. The van der Waals surface area contributed by atoms with Gasteiger partial charge in [-0.15, -0.1) is 0 Å². The molecule has 1 rings (SSSR count). The molecule has 0 saturated heterocycles. The molecule has 2 nitrogen and oxygen atoms in total. The van der Waals surface area contributed by atoms with E-state index < -0.39 is 0 Å². The van der Waals surface area contributed by atoms with E-state index in [0.717, 1.165) is 11.8 Å². The van der Waals surface area contributed by atoms with Gasteiger partial charge in [-0.25, -0.2) is 0 Å². The highest BCUT2D eigenvalue weighted by Crippen LogP contribution is 2.30. The lowest BCUT2D eigenvalue weighted by molar-refractivity contribution is 0.204. The van der Waals surface area contributed by atoms with Gasteiger partial charge in [0.2, 0.25) is 0 Å². The summed E-state index contributed by atoms with van der Waals surface area (Å²) < 4.78 is 0. The summed E-state index contributed by atoms with van der Waals surface area (Å²) in [5, 5.41) is 3.76. The molecule has 18 heavy (non-hydrogen) atoms. The van der Waals surface area contributed by atoms with Gasteiger partial charge >= 0.3 is 0 Å². The molecule has 2 heteroatoms. The van der Waals surface area contributed by atoms with Gasteiger partial charge in [-0.1, -0.05) is 34.1 Å². The summed E-state index contributed by atoms with van der Waals surface area (Å²) in [6.07, 6.45) is 6.75. The molecule has 108 valence electrons. The average molecular weight is 254 g/mol. The zero-order valence-corrected chi connectivity index (χ0v) is 13.0. The molecule has 2 unspecified atom stereocenters. The third-order valence-electron chi connectivity index (χ3n) is 4.20. The maximum atomic E-state index is 3.76. The average Bonchev–Trinajstić information content (AvgIpc) is 3.17. The fourth-order valence-corrected chi connectivity index (χ4v) is 2.58. The maximum absolute atomic E-state index is 3.76. The fraction of sp³-hybridized carbons (Fsp3) is 1.00. The zero-order chi connectivity index (χ0) is 13.4. The Morgan fingerprint density at radius 2 is 1.89 bits per heavy atom. The van der Waals surface area contributed by atoms with Crippen molar-refractivity contribution in [2.24, 2.45) is 11.8 Å². The summed E-state index contributed by atoms with van der Waals surface area (Å²) in [5.41, 5.74) is 0. The van der Waals surface area contributed by atoms with Crippen molar-refractivity contribution >= 4 is 0 Å². The summed E-state index contributed by atoms with van der Waals surface area (Å²) in [6.45, 7) is 14.3. The quantitative estimate of drug-likeness (QED) is 0.607. The Balaban J connectivity index is 2.41. The van der Waals surface area contributed by atoms with Crippen molar-refractivity contribution in [1.82, 2.24) is 10.2 Å². The summed E-state index contributed by atoms with van der Waals surface area (Å²) in [7, 11) is 0. The van der Waals surface area contributed by atoms with Crippen molar-refractivity contribution in [2.75, 3.05) is 26.2 Å². The first kappa shape index (κ1) is 16.0. The molecule has 0 aliphatic heterocycles. The van der Waals surface area contributed by atoms with E-state index in [2.05, 4.69) is 37.9 Å². The Kier molecular flexibility index (Phi) is 7.92. The van der Waals surface area contributed by atoms with Gasteiger partial charge in [-0.2, -0.15) is 0 Å². The van der Waals surface area contributed by atoms with Crippen molar-refractivity contribution in [3.63, 3.8) is 0 Å². The second-order valence-corrected chi connectivity index (χ2v) is 6.15. The van der Waals surface area contributed by atoms with E-state index >= 15 is 0 Å². The Hall–Kier alpha value is -0.0800. The van der Waals surface area contributed by atoms with Crippen LogP contribution >= 0.6 is 0 Å². The van der Waals surface area contributed by atoms with E-state index in [1.807, 2.05) is 0 Å². The maximum Gasteiger partial charge on any atom is 0.0220 e. The van der Waals surface area contributed by atoms with Gasteiger partial charge in [0.05, 0.1) is 0 Å². The molecule has 1 fully saturated rings. The monoisotopic (exact) mass is 254 g/mol. The molecular weight excluding hydrogens is 220 g/mol. The van der Waals surface area contributed by atoms with Crippen LogP contribution in [0.4, 0.5) is 0 Å². The van der Waals surface area contributed by atoms with Crippen LogP contribution in [0, 0.1) is 11.8 Å². The predicted molar refractivity (Wildman–Crippen MR) is 81.0 cm³/mol. The highest BCUT2D eigenvalue weighted by molar-refractivity contribution is 4.82. The van der Waals surface area contributed by atoms with Crippen LogP contribution in [0.1, 0.15) is 59.8 Å². The highest BCUT2D eigenvalue weighted by atomic mass is 15.2. The molecule has 1 N–H and O–H groups in total. The summed E-state index contributed by atoms with van der Waals surface area (Å²) in [5.74, 6) is 1.80. The Morgan fingerprint density at radius 1 is 1.17 bits per heavy atom. The highest BCUT2D eigenvalue weighted by Gasteiger charge is 2.26. The van der Waals surface area contributed by atoms with E-state index in [1.165, 1.54) is 58.3 Å². The normalized spacial score (nSPS) is 19.2. The summed E-state index contributed by atoms with van der Waals surface area (Å²) in [6, 6.07) is 0.681. The van der Waals surface area contributed by atoms with Crippen LogP contribution in [0.15, 0.2) is 0 Å². The molecule has 0 spiro atoms. The van der Waals surface area contributed by atoms with Crippen LogP contribution < -0.4 is 5.32 Å². The van der Waals surface area contributed by atoms with E-state index in [1.54, 1.807) is 0 Å². The summed E-state index contributed by atoms with van der Waals surface area (Å²) in [4.78, 5) is 2.71. The number of nitrogens with zero attached hydrogens (tertiary/aromatic N) is 1. The smallest absolute Gasteiger partial charge is 0.0220 e. The minimum absolute atomic E-state index is 0.681. The molecule has 0 aromatic heterocycles. The minimum atomic E-state index is 0.681. The molecule has 1 aliphatic carbocycles. The van der Waals surface area contributed by atoms with E-state index in [4.69, 9.17) is 0 Å². The first-order chi connectivity index (χ1) is 8.71. The Labute approximate surface area is 115 Å². The van der Waals surface area contributed by atoms with Crippen molar-refractivity contribution in [1.29, 1.82) is 0 Å². The second-order valence-electron chi connectivity index (χ2n) is 6.15. The number of rotatable bonds is 11. The third-order valence-corrected chi connectivity index (χ3v) is 4.20. The molecule has 1 saturated carbocycles. The topological polar surface area (TPSA) is 15.3 Å². The molecular formula is C16H34N2. The van der Waals surface area contributed by atoms with Crippen molar-refractivity contribution in [3.8, 4) is 0 Å². The van der Waals surface area contributed by atoms with Gasteiger partial charge in [0, 0.05) is 19.1 Å². The SMILES string of the molecule is CCCNC(CN(CCC)CC1CC1)C(C)CC. The Bertz CT molecular complexity index is 201. The molecule has 0 amide bonds. The van der Waals surface area contributed by atoms with Gasteiger partial charge in [0.1, 0.15) is 0 Å². The van der Waals surface area contributed by atoms with Gasteiger partial charge < -0.3 is 10.2 Å².